The first-order chi connectivity index (χ1) is 17.0. The van der Waals surface area contributed by atoms with Crippen LogP contribution in [0.1, 0.15) is 93.0 Å². The zero-order valence-electron chi connectivity index (χ0n) is 22.3. The lowest BCUT2D eigenvalue weighted by molar-refractivity contribution is -0.145. The van der Waals surface area contributed by atoms with Crippen LogP contribution in [0.3, 0.4) is 0 Å². The minimum atomic E-state index is -0.775. The Kier molecular flexibility index (Phi) is 6.30. The number of rotatable bonds is 9. The Morgan fingerprint density at radius 2 is 1.86 bits per heavy atom. The number of nitrogens with one attached hydrogen (secondary N) is 1. The molecule has 3 fully saturated rings. The maximum absolute atomic E-state index is 13.3. The van der Waals surface area contributed by atoms with Crippen molar-refractivity contribution < 1.29 is 19.4 Å². The van der Waals surface area contributed by atoms with Gasteiger partial charge >= 0.3 is 5.97 Å². The number of methoxy groups -OCH3 is 1. The molecule has 2 aromatic rings. The molecule has 2 N–H and O–H groups in total. The molecule has 5 rings (SSSR count). The highest BCUT2D eigenvalue weighted by molar-refractivity contribution is 5.95. The van der Waals surface area contributed by atoms with Crippen molar-refractivity contribution in [1.82, 2.24) is 9.88 Å². The molecule has 3 aliphatic rings. The summed E-state index contributed by atoms with van der Waals surface area (Å²) in [7, 11) is 3.76. The lowest BCUT2D eigenvalue weighted by Gasteiger charge is -2.32. The van der Waals surface area contributed by atoms with Crippen molar-refractivity contribution >= 4 is 11.9 Å². The van der Waals surface area contributed by atoms with E-state index in [4.69, 9.17) is 4.74 Å². The van der Waals surface area contributed by atoms with Crippen molar-refractivity contribution in [1.29, 1.82) is 0 Å². The molecule has 1 aromatic heterocycles. The Morgan fingerprint density at radius 3 is 2.42 bits per heavy atom. The zero-order valence-corrected chi connectivity index (χ0v) is 22.3. The van der Waals surface area contributed by atoms with E-state index in [1.54, 1.807) is 7.11 Å². The van der Waals surface area contributed by atoms with Crippen LogP contribution in [-0.4, -0.2) is 34.7 Å². The van der Waals surface area contributed by atoms with Gasteiger partial charge in [-0.3, -0.25) is 9.59 Å². The number of ether oxygens (including phenoxy) is 1. The molecule has 1 amide bonds. The number of carboxylic acid groups (broad SMARTS) is 1. The molecule has 0 radical (unpaired) electrons. The standard InChI is InChI=1S/C30H40N2O4/c1-29(2,36-5)21-12-19(13-22(16-21)30(3)9-10-30)24-17-26(32(4)25(24)11-18-7-6-8-18)27(33)31-23-14-20(15-23)28(34)35/h12-13,16-18,20,23H,6-11,14-15H2,1-5H3,(H,31,33)(H,34,35)/t20-,23-. The summed E-state index contributed by atoms with van der Waals surface area (Å²) >= 11 is 0. The zero-order chi connectivity index (χ0) is 25.8. The number of aromatic nitrogens is 1. The Hall–Kier alpha value is -2.60. The summed E-state index contributed by atoms with van der Waals surface area (Å²) in [5.74, 6) is -0.573. The first kappa shape index (κ1) is 25.1. The number of hydrogen-bond donors (Lipinski definition) is 2. The minimum Gasteiger partial charge on any atom is -0.481 e. The van der Waals surface area contributed by atoms with E-state index < -0.39 is 11.6 Å². The summed E-state index contributed by atoms with van der Waals surface area (Å²) in [5, 5.41) is 12.3. The number of carboxylic acids is 1. The van der Waals surface area contributed by atoms with E-state index in [9.17, 15) is 14.7 Å². The number of benzene rings is 1. The number of carbonyl (C=O) groups excluding carboxylic acids is 1. The number of aliphatic carboxylic acids is 1. The van der Waals surface area contributed by atoms with E-state index in [1.807, 2.05) is 7.05 Å². The molecule has 3 saturated carbocycles. The van der Waals surface area contributed by atoms with Crippen molar-refractivity contribution in [2.24, 2.45) is 18.9 Å². The summed E-state index contributed by atoms with van der Waals surface area (Å²) < 4.78 is 7.94. The van der Waals surface area contributed by atoms with Crippen LogP contribution < -0.4 is 5.32 Å². The second-order valence-corrected chi connectivity index (χ2v) is 12.2. The fourth-order valence-electron chi connectivity index (χ4n) is 5.60. The van der Waals surface area contributed by atoms with E-state index >= 15 is 0 Å². The predicted octanol–water partition coefficient (Wildman–Crippen LogP) is 5.56. The number of hydrogen-bond acceptors (Lipinski definition) is 3. The minimum absolute atomic E-state index is 0.0701. The van der Waals surface area contributed by atoms with Gasteiger partial charge in [0.15, 0.2) is 0 Å². The Bertz CT molecular complexity index is 1180. The second-order valence-electron chi connectivity index (χ2n) is 12.2. The molecule has 0 unspecified atom stereocenters. The van der Waals surface area contributed by atoms with Gasteiger partial charge in [-0.05, 0) is 86.1 Å². The number of amides is 1. The van der Waals surface area contributed by atoms with Gasteiger partial charge in [-0.25, -0.2) is 0 Å². The third-order valence-corrected chi connectivity index (χ3v) is 9.27. The van der Waals surface area contributed by atoms with Crippen molar-refractivity contribution in [3.05, 3.63) is 46.8 Å². The average Bonchev–Trinajstić information content (AvgIpc) is 3.45. The molecule has 6 nitrogen and oxygen atoms in total. The highest BCUT2D eigenvalue weighted by Gasteiger charge is 2.40. The summed E-state index contributed by atoms with van der Waals surface area (Å²) in [6.45, 7) is 6.54. The maximum Gasteiger partial charge on any atom is 0.306 e. The van der Waals surface area contributed by atoms with E-state index in [2.05, 4.69) is 54.9 Å². The van der Waals surface area contributed by atoms with Crippen molar-refractivity contribution in [2.45, 2.75) is 89.2 Å². The van der Waals surface area contributed by atoms with E-state index in [0.717, 1.165) is 23.1 Å². The normalized spacial score (nSPS) is 23.0. The van der Waals surface area contributed by atoms with Gasteiger partial charge in [0.2, 0.25) is 0 Å². The van der Waals surface area contributed by atoms with Crippen LogP contribution in [0.25, 0.3) is 11.1 Å². The lowest BCUT2D eigenvalue weighted by Crippen LogP contribution is -2.47. The van der Waals surface area contributed by atoms with E-state index in [-0.39, 0.29) is 23.3 Å². The van der Waals surface area contributed by atoms with Gasteiger partial charge in [0.25, 0.3) is 5.91 Å². The van der Waals surface area contributed by atoms with Crippen LogP contribution in [0, 0.1) is 11.8 Å². The van der Waals surface area contributed by atoms with Crippen LogP contribution in [0.2, 0.25) is 0 Å². The molecule has 194 valence electrons. The molecule has 1 aromatic carbocycles. The van der Waals surface area contributed by atoms with Crippen molar-refractivity contribution in [3.63, 3.8) is 0 Å². The third kappa shape index (κ3) is 4.60. The van der Waals surface area contributed by atoms with Crippen molar-refractivity contribution in [2.75, 3.05) is 7.11 Å². The Labute approximate surface area is 214 Å². The molecule has 3 aliphatic carbocycles. The number of nitrogens with zero attached hydrogens (tertiary/aromatic N) is 1. The molecule has 0 saturated heterocycles. The summed E-state index contributed by atoms with van der Waals surface area (Å²) in [4.78, 5) is 24.5. The molecule has 0 bridgehead atoms. The van der Waals surface area contributed by atoms with Gasteiger partial charge in [0, 0.05) is 31.5 Å². The van der Waals surface area contributed by atoms with Crippen molar-refractivity contribution in [3.8, 4) is 11.1 Å². The van der Waals surface area contributed by atoms with Crippen LogP contribution in [0.5, 0.6) is 0 Å². The first-order valence-corrected chi connectivity index (χ1v) is 13.4. The molecule has 1 heterocycles. The smallest absolute Gasteiger partial charge is 0.306 e. The topological polar surface area (TPSA) is 80.6 Å². The lowest BCUT2D eigenvalue weighted by atomic mass is 9.80. The molecule has 6 heteroatoms. The molecule has 36 heavy (non-hydrogen) atoms. The molecular weight excluding hydrogens is 452 g/mol. The highest BCUT2D eigenvalue weighted by Crippen LogP contribution is 2.49. The highest BCUT2D eigenvalue weighted by atomic mass is 16.5. The second kappa shape index (κ2) is 9.05. The summed E-state index contributed by atoms with van der Waals surface area (Å²) in [6, 6.07) is 8.85. The Morgan fingerprint density at radius 1 is 1.17 bits per heavy atom. The van der Waals surface area contributed by atoms with Gasteiger partial charge in [-0.2, -0.15) is 0 Å². The van der Waals surface area contributed by atoms with Crippen LogP contribution in [0.15, 0.2) is 24.3 Å². The van der Waals surface area contributed by atoms with Crippen LogP contribution in [-0.2, 0) is 34.0 Å². The van der Waals surface area contributed by atoms with Gasteiger partial charge in [-0.15, -0.1) is 0 Å². The molecule has 0 atom stereocenters. The Balaban J connectivity index is 1.53. The predicted molar refractivity (Wildman–Crippen MR) is 140 cm³/mol. The quantitative estimate of drug-likeness (QED) is 0.480. The van der Waals surface area contributed by atoms with Crippen LogP contribution in [0.4, 0.5) is 0 Å². The molecular formula is C30H40N2O4. The third-order valence-electron chi connectivity index (χ3n) is 9.27. The van der Waals surface area contributed by atoms with E-state index in [1.165, 1.54) is 43.4 Å². The average molecular weight is 493 g/mol. The van der Waals surface area contributed by atoms with Crippen LogP contribution >= 0.6 is 0 Å². The van der Waals surface area contributed by atoms with Gasteiger partial charge in [0.1, 0.15) is 5.69 Å². The van der Waals surface area contributed by atoms with E-state index in [0.29, 0.717) is 24.5 Å². The molecule has 0 spiro atoms. The number of carbonyl (C=O) groups is 2. The monoisotopic (exact) mass is 492 g/mol. The molecule has 0 aliphatic heterocycles. The largest absolute Gasteiger partial charge is 0.481 e. The SMILES string of the molecule is COC(C)(C)c1cc(-c2cc(C(=O)N[C@H]3C[C@H](C(=O)O)C3)n(C)c2CC2CCC2)cc(C2(C)CC2)c1. The first-order valence-electron chi connectivity index (χ1n) is 13.4. The van der Waals surface area contributed by atoms with Gasteiger partial charge in [0.05, 0.1) is 11.5 Å². The summed E-state index contributed by atoms with van der Waals surface area (Å²) in [6.07, 6.45) is 8.12. The summed E-state index contributed by atoms with van der Waals surface area (Å²) in [5.41, 5.74) is 6.44. The fourth-order valence-corrected chi connectivity index (χ4v) is 5.60. The van der Waals surface area contributed by atoms with Gasteiger partial charge < -0.3 is 19.7 Å². The van der Waals surface area contributed by atoms with Gasteiger partial charge in [-0.1, -0.05) is 38.3 Å². The maximum atomic E-state index is 13.3. The fraction of sp³-hybridized carbons (Fsp3) is 0.600.